The number of nitrogens with one attached hydrogen (secondary N) is 1. The molecule has 8 heteroatoms. The van der Waals surface area contributed by atoms with Crippen molar-refractivity contribution < 1.29 is 28.3 Å². The summed E-state index contributed by atoms with van der Waals surface area (Å²) in [5.74, 6) is -6.25. The number of rotatable bonds is 5. The number of carboxylic acids is 1. The van der Waals surface area contributed by atoms with Crippen LogP contribution in [0.25, 0.3) is 0 Å². The highest BCUT2D eigenvalue weighted by atomic mass is 19.2. The summed E-state index contributed by atoms with van der Waals surface area (Å²) >= 11 is 0. The molecule has 0 aliphatic heterocycles. The number of hydrogen-bond donors (Lipinski definition) is 3. The van der Waals surface area contributed by atoms with Gasteiger partial charge in [-0.05, 0) is 12.1 Å². The van der Waals surface area contributed by atoms with Gasteiger partial charge in [-0.2, -0.15) is 0 Å². The van der Waals surface area contributed by atoms with Crippen molar-refractivity contribution in [3.8, 4) is 0 Å². The van der Waals surface area contributed by atoms with Crippen LogP contribution in [0.1, 0.15) is 16.8 Å². The molecule has 1 unspecified atom stereocenters. The number of carboxylic acid groups (broad SMARTS) is 1. The highest BCUT2D eigenvalue weighted by Crippen LogP contribution is 2.11. The van der Waals surface area contributed by atoms with Crippen LogP contribution in [0.3, 0.4) is 0 Å². The SMILES string of the molecule is NC(=O)CC(NC(=O)c1cccc(F)c1F)C(=O)O. The second-order valence-corrected chi connectivity index (χ2v) is 3.64. The Hall–Kier alpha value is -2.51. The first-order valence-corrected chi connectivity index (χ1v) is 5.09. The molecule has 0 saturated carbocycles. The Labute approximate surface area is 106 Å². The third kappa shape index (κ3) is 3.73. The standard InChI is InChI=1S/C11H10F2N2O4/c12-6-3-1-2-5(9(6)13)10(17)15-7(11(18)19)4-8(14)16/h1-3,7H,4H2,(H2,14,16)(H,15,17)(H,18,19). The molecule has 1 rings (SSSR count). The average Bonchev–Trinajstić information content (AvgIpc) is 2.31. The third-order valence-electron chi connectivity index (χ3n) is 2.20. The summed E-state index contributed by atoms with van der Waals surface area (Å²) < 4.78 is 26.2. The molecule has 19 heavy (non-hydrogen) atoms. The lowest BCUT2D eigenvalue weighted by atomic mass is 10.1. The predicted molar refractivity (Wildman–Crippen MR) is 59.1 cm³/mol. The molecule has 0 heterocycles. The van der Waals surface area contributed by atoms with E-state index in [-0.39, 0.29) is 0 Å². The number of halogens is 2. The maximum atomic E-state index is 13.3. The molecule has 4 N–H and O–H groups in total. The van der Waals surface area contributed by atoms with Crippen LogP contribution in [0.4, 0.5) is 8.78 Å². The van der Waals surface area contributed by atoms with Gasteiger partial charge in [0.05, 0.1) is 12.0 Å². The van der Waals surface area contributed by atoms with Gasteiger partial charge in [-0.1, -0.05) is 6.07 Å². The van der Waals surface area contributed by atoms with E-state index in [1.807, 2.05) is 5.32 Å². The first kappa shape index (κ1) is 14.6. The summed E-state index contributed by atoms with van der Waals surface area (Å²) in [6.07, 6.45) is -0.655. The van der Waals surface area contributed by atoms with Crippen LogP contribution in [-0.4, -0.2) is 28.9 Å². The highest BCUT2D eigenvalue weighted by molar-refractivity contribution is 5.97. The van der Waals surface area contributed by atoms with E-state index in [4.69, 9.17) is 10.8 Å². The quantitative estimate of drug-likeness (QED) is 0.702. The molecular formula is C11H10F2N2O4. The summed E-state index contributed by atoms with van der Waals surface area (Å²) in [5, 5.41) is 10.6. The number of benzene rings is 1. The zero-order valence-electron chi connectivity index (χ0n) is 9.52. The van der Waals surface area contributed by atoms with E-state index < -0.39 is 47.4 Å². The summed E-state index contributed by atoms with van der Waals surface area (Å²) in [6.45, 7) is 0. The van der Waals surface area contributed by atoms with Crippen molar-refractivity contribution in [1.82, 2.24) is 5.32 Å². The van der Waals surface area contributed by atoms with Gasteiger partial charge >= 0.3 is 5.97 Å². The van der Waals surface area contributed by atoms with Crippen molar-refractivity contribution >= 4 is 17.8 Å². The number of primary amides is 1. The highest BCUT2D eigenvalue weighted by Gasteiger charge is 2.24. The van der Waals surface area contributed by atoms with Gasteiger partial charge in [0, 0.05) is 0 Å². The summed E-state index contributed by atoms with van der Waals surface area (Å²) in [5.41, 5.74) is 4.16. The summed E-state index contributed by atoms with van der Waals surface area (Å²) in [7, 11) is 0. The first-order chi connectivity index (χ1) is 8.82. The number of carbonyl (C=O) groups excluding carboxylic acids is 2. The normalized spacial score (nSPS) is 11.7. The fourth-order valence-electron chi connectivity index (χ4n) is 1.32. The second-order valence-electron chi connectivity index (χ2n) is 3.64. The van der Waals surface area contributed by atoms with Crippen molar-refractivity contribution in [3.63, 3.8) is 0 Å². The van der Waals surface area contributed by atoms with Gasteiger partial charge in [-0.3, -0.25) is 9.59 Å². The molecule has 102 valence electrons. The molecule has 0 fully saturated rings. The molecule has 0 bridgehead atoms. The molecule has 1 aromatic carbocycles. The van der Waals surface area contributed by atoms with E-state index in [2.05, 4.69) is 0 Å². The smallest absolute Gasteiger partial charge is 0.326 e. The third-order valence-corrected chi connectivity index (χ3v) is 2.20. The monoisotopic (exact) mass is 272 g/mol. The van der Waals surface area contributed by atoms with E-state index in [1.165, 1.54) is 0 Å². The van der Waals surface area contributed by atoms with E-state index in [1.54, 1.807) is 0 Å². The largest absolute Gasteiger partial charge is 0.480 e. The van der Waals surface area contributed by atoms with Crippen LogP contribution in [-0.2, 0) is 9.59 Å². The molecule has 0 aliphatic carbocycles. The number of nitrogens with two attached hydrogens (primary N) is 1. The number of aliphatic carboxylic acids is 1. The molecule has 1 aromatic rings. The van der Waals surface area contributed by atoms with E-state index in [0.29, 0.717) is 0 Å². The number of amides is 2. The maximum Gasteiger partial charge on any atom is 0.326 e. The van der Waals surface area contributed by atoms with Gasteiger partial charge in [0.15, 0.2) is 11.6 Å². The Balaban J connectivity index is 2.91. The molecule has 0 spiro atoms. The van der Waals surface area contributed by atoms with Crippen LogP contribution in [0.2, 0.25) is 0 Å². The summed E-state index contributed by atoms with van der Waals surface area (Å²) in [4.78, 5) is 33.0. The minimum atomic E-state index is -1.60. The Bertz CT molecular complexity index is 533. The minimum absolute atomic E-state index is 0.655. The van der Waals surface area contributed by atoms with E-state index in [9.17, 15) is 23.2 Å². The van der Waals surface area contributed by atoms with Crippen LogP contribution < -0.4 is 11.1 Å². The Morgan fingerprint density at radius 3 is 2.47 bits per heavy atom. The lowest BCUT2D eigenvalue weighted by Gasteiger charge is -2.13. The van der Waals surface area contributed by atoms with E-state index >= 15 is 0 Å². The van der Waals surface area contributed by atoms with Crippen LogP contribution >= 0.6 is 0 Å². The van der Waals surface area contributed by atoms with Crippen molar-refractivity contribution in [2.75, 3.05) is 0 Å². The fourth-order valence-corrected chi connectivity index (χ4v) is 1.32. The van der Waals surface area contributed by atoms with Gasteiger partial charge in [-0.25, -0.2) is 13.6 Å². The summed E-state index contributed by atoms with van der Waals surface area (Å²) in [6, 6.07) is 1.28. The van der Waals surface area contributed by atoms with Crippen molar-refractivity contribution in [2.45, 2.75) is 12.5 Å². The average molecular weight is 272 g/mol. The molecular weight excluding hydrogens is 262 g/mol. The molecule has 0 saturated heterocycles. The fraction of sp³-hybridized carbons (Fsp3) is 0.182. The minimum Gasteiger partial charge on any atom is -0.480 e. The van der Waals surface area contributed by atoms with Crippen molar-refractivity contribution in [1.29, 1.82) is 0 Å². The molecule has 2 amide bonds. The van der Waals surface area contributed by atoms with Gasteiger partial charge < -0.3 is 16.2 Å². The molecule has 6 nitrogen and oxygen atoms in total. The molecule has 0 radical (unpaired) electrons. The Kier molecular flexibility index (Phi) is 4.51. The Morgan fingerprint density at radius 2 is 1.95 bits per heavy atom. The topological polar surface area (TPSA) is 109 Å². The molecule has 0 aromatic heterocycles. The lowest BCUT2D eigenvalue weighted by Crippen LogP contribution is -2.43. The maximum absolute atomic E-state index is 13.3. The van der Waals surface area contributed by atoms with Gasteiger partial charge in [0.2, 0.25) is 5.91 Å². The molecule has 1 atom stereocenters. The van der Waals surface area contributed by atoms with Gasteiger partial charge in [0.1, 0.15) is 6.04 Å². The van der Waals surface area contributed by atoms with Gasteiger partial charge in [-0.15, -0.1) is 0 Å². The molecule has 0 aliphatic rings. The van der Waals surface area contributed by atoms with Crippen LogP contribution in [0.5, 0.6) is 0 Å². The number of hydrogen-bond acceptors (Lipinski definition) is 3. The van der Waals surface area contributed by atoms with Gasteiger partial charge in [0.25, 0.3) is 5.91 Å². The predicted octanol–water partition coefficient (Wildman–Crippen LogP) is 0.0232. The zero-order valence-corrected chi connectivity index (χ0v) is 9.52. The van der Waals surface area contributed by atoms with Crippen molar-refractivity contribution in [3.05, 3.63) is 35.4 Å². The zero-order chi connectivity index (χ0) is 14.6. The number of carbonyl (C=O) groups is 3. The first-order valence-electron chi connectivity index (χ1n) is 5.09. The van der Waals surface area contributed by atoms with E-state index in [0.717, 1.165) is 18.2 Å². The Morgan fingerprint density at radius 1 is 1.32 bits per heavy atom. The van der Waals surface area contributed by atoms with Crippen molar-refractivity contribution in [2.24, 2.45) is 5.73 Å². The van der Waals surface area contributed by atoms with Crippen LogP contribution in [0, 0.1) is 11.6 Å². The lowest BCUT2D eigenvalue weighted by molar-refractivity contribution is -0.140. The second kappa shape index (κ2) is 5.89. The van der Waals surface area contributed by atoms with Crippen LogP contribution in [0.15, 0.2) is 18.2 Å².